The molecule has 9 heavy (non-hydrogen) atoms. The van der Waals surface area contributed by atoms with Crippen molar-refractivity contribution in [3.05, 3.63) is 12.2 Å². The van der Waals surface area contributed by atoms with Gasteiger partial charge >= 0.3 is 0 Å². The van der Waals surface area contributed by atoms with E-state index in [1.54, 1.807) is 0 Å². The minimum absolute atomic E-state index is 0.851. The van der Waals surface area contributed by atoms with Gasteiger partial charge in [0.2, 0.25) is 0 Å². The van der Waals surface area contributed by atoms with Gasteiger partial charge < -0.3 is 0 Å². The van der Waals surface area contributed by atoms with Crippen LogP contribution in [0.2, 0.25) is 0 Å². The van der Waals surface area contributed by atoms with Crippen molar-refractivity contribution in [3.8, 4) is 0 Å². The van der Waals surface area contributed by atoms with Crippen LogP contribution >= 0.6 is 6.04 Å². The predicted molar refractivity (Wildman–Crippen MR) is 48.3 cm³/mol. The lowest BCUT2D eigenvalue weighted by Crippen LogP contribution is -2.03. The first-order valence-corrected chi connectivity index (χ1v) is 6.94. The number of hydrogen-bond donors (Lipinski definition) is 0. The molecule has 0 spiro atoms. The standard InChI is InChI=1S/C7H13PS/c1-7-3-5-8(2,9)6-4-7/h1,3-6H2,2H3. The van der Waals surface area contributed by atoms with Gasteiger partial charge in [0, 0.05) is 0 Å². The summed E-state index contributed by atoms with van der Waals surface area (Å²) in [6.07, 6.45) is 4.93. The van der Waals surface area contributed by atoms with E-state index in [4.69, 9.17) is 11.8 Å². The molecule has 0 saturated carbocycles. The average molecular weight is 160 g/mol. The highest BCUT2D eigenvalue weighted by molar-refractivity contribution is 8.14. The molecule has 1 saturated heterocycles. The Kier molecular flexibility index (Phi) is 2.13. The predicted octanol–water partition coefficient (Wildman–Crippen LogP) is 2.45. The van der Waals surface area contributed by atoms with Crippen LogP contribution in [-0.2, 0) is 11.8 Å². The number of rotatable bonds is 0. The van der Waals surface area contributed by atoms with E-state index < -0.39 is 6.04 Å². The molecule has 52 valence electrons. The van der Waals surface area contributed by atoms with Gasteiger partial charge in [0.1, 0.15) is 0 Å². The molecule has 0 unspecified atom stereocenters. The smallest absolute Gasteiger partial charge is 0.0200 e. The van der Waals surface area contributed by atoms with Crippen molar-refractivity contribution >= 4 is 17.8 Å². The van der Waals surface area contributed by atoms with Crippen LogP contribution in [0.15, 0.2) is 12.2 Å². The highest BCUT2D eigenvalue weighted by atomic mass is 32.4. The average Bonchev–Trinajstić information content (AvgIpc) is 1.78. The van der Waals surface area contributed by atoms with Gasteiger partial charge in [0.05, 0.1) is 0 Å². The van der Waals surface area contributed by atoms with Crippen LogP contribution in [0.25, 0.3) is 0 Å². The van der Waals surface area contributed by atoms with Crippen molar-refractivity contribution in [1.82, 2.24) is 0 Å². The minimum Gasteiger partial charge on any atom is -0.0998 e. The Morgan fingerprint density at radius 1 is 1.44 bits per heavy atom. The first kappa shape index (κ1) is 7.50. The Labute approximate surface area is 62.4 Å². The SMILES string of the molecule is C=C1CCP(C)(=S)CC1. The molecule has 0 amide bonds. The van der Waals surface area contributed by atoms with Gasteiger partial charge in [-0.2, -0.15) is 0 Å². The summed E-state index contributed by atoms with van der Waals surface area (Å²) in [6, 6.07) is -0.851. The largest absolute Gasteiger partial charge is 0.0998 e. The van der Waals surface area contributed by atoms with Crippen molar-refractivity contribution in [2.45, 2.75) is 12.8 Å². The molecule has 1 aliphatic heterocycles. The third-order valence-electron chi connectivity index (χ3n) is 1.88. The van der Waals surface area contributed by atoms with E-state index in [2.05, 4.69) is 13.2 Å². The van der Waals surface area contributed by atoms with E-state index in [0.717, 1.165) is 0 Å². The quantitative estimate of drug-likeness (QED) is 0.387. The minimum atomic E-state index is -0.851. The van der Waals surface area contributed by atoms with Gasteiger partial charge in [-0.15, -0.1) is 0 Å². The van der Waals surface area contributed by atoms with Crippen LogP contribution in [0.4, 0.5) is 0 Å². The zero-order chi connectivity index (χ0) is 6.91. The van der Waals surface area contributed by atoms with E-state index in [9.17, 15) is 0 Å². The summed E-state index contributed by atoms with van der Waals surface area (Å²) in [6.45, 7) is 6.22. The molecular formula is C7H13PS. The lowest BCUT2D eigenvalue weighted by molar-refractivity contribution is 0.955. The van der Waals surface area contributed by atoms with Crippen molar-refractivity contribution < 1.29 is 0 Å². The fraction of sp³-hybridized carbons (Fsp3) is 0.714. The first-order valence-electron chi connectivity index (χ1n) is 3.32. The molecule has 0 bridgehead atoms. The number of allylic oxidation sites excluding steroid dienone is 1. The van der Waals surface area contributed by atoms with Gasteiger partial charge in [0.25, 0.3) is 0 Å². The Hall–Kier alpha value is 0.390. The highest BCUT2D eigenvalue weighted by Crippen LogP contribution is 2.47. The second kappa shape index (κ2) is 2.56. The molecular weight excluding hydrogens is 147 g/mol. The maximum atomic E-state index is 5.42. The maximum absolute atomic E-state index is 5.42. The summed E-state index contributed by atoms with van der Waals surface area (Å²) in [5, 5.41) is 0. The van der Waals surface area contributed by atoms with Crippen LogP contribution in [0.5, 0.6) is 0 Å². The molecule has 0 aliphatic carbocycles. The Bertz CT molecular complexity index is 158. The fourth-order valence-electron chi connectivity index (χ4n) is 1.03. The fourth-order valence-corrected chi connectivity index (χ4v) is 3.38. The molecule has 0 atom stereocenters. The Morgan fingerprint density at radius 3 is 2.22 bits per heavy atom. The molecule has 0 aromatic rings. The van der Waals surface area contributed by atoms with Crippen LogP contribution in [0, 0.1) is 0 Å². The van der Waals surface area contributed by atoms with E-state index >= 15 is 0 Å². The highest BCUT2D eigenvalue weighted by Gasteiger charge is 2.15. The summed E-state index contributed by atoms with van der Waals surface area (Å²) in [7, 11) is 0. The van der Waals surface area contributed by atoms with Gasteiger partial charge in [0.15, 0.2) is 0 Å². The zero-order valence-electron chi connectivity index (χ0n) is 5.89. The lowest BCUT2D eigenvalue weighted by atomic mass is 10.2. The summed E-state index contributed by atoms with van der Waals surface area (Å²) >= 11 is 5.42. The first-order chi connectivity index (χ1) is 4.10. The maximum Gasteiger partial charge on any atom is -0.0200 e. The topological polar surface area (TPSA) is 0 Å². The van der Waals surface area contributed by atoms with Gasteiger partial charge in [-0.05, 0) is 37.9 Å². The van der Waals surface area contributed by atoms with Crippen LogP contribution in [0.1, 0.15) is 12.8 Å². The summed E-state index contributed by atoms with van der Waals surface area (Å²) in [5.41, 5.74) is 1.41. The van der Waals surface area contributed by atoms with Crippen LogP contribution in [0.3, 0.4) is 0 Å². The molecule has 0 aromatic carbocycles. The molecule has 0 N–H and O–H groups in total. The monoisotopic (exact) mass is 160 g/mol. The van der Waals surface area contributed by atoms with Crippen molar-refractivity contribution in [3.63, 3.8) is 0 Å². The van der Waals surface area contributed by atoms with Crippen molar-refractivity contribution in [2.75, 3.05) is 19.0 Å². The molecule has 2 heteroatoms. The van der Waals surface area contributed by atoms with Crippen molar-refractivity contribution in [1.29, 1.82) is 0 Å². The second-order valence-corrected chi connectivity index (χ2v) is 9.13. The zero-order valence-corrected chi connectivity index (χ0v) is 7.60. The molecule has 1 aliphatic rings. The molecule has 1 rings (SSSR count). The Balaban J connectivity index is 2.54. The van der Waals surface area contributed by atoms with Gasteiger partial charge in [-0.25, -0.2) is 0 Å². The normalized spacial score (nSPS) is 26.1. The summed E-state index contributed by atoms with van der Waals surface area (Å²) in [5.74, 6) is 0. The second-order valence-electron chi connectivity index (χ2n) is 2.99. The van der Waals surface area contributed by atoms with Crippen LogP contribution < -0.4 is 0 Å². The van der Waals surface area contributed by atoms with E-state index in [-0.39, 0.29) is 0 Å². The third-order valence-corrected chi connectivity index (χ3v) is 5.31. The lowest BCUT2D eigenvalue weighted by Gasteiger charge is -2.23. The molecule has 0 aromatic heterocycles. The van der Waals surface area contributed by atoms with Crippen molar-refractivity contribution in [2.24, 2.45) is 0 Å². The van der Waals surface area contributed by atoms with Gasteiger partial charge in [-0.3, -0.25) is 0 Å². The summed E-state index contributed by atoms with van der Waals surface area (Å²) < 4.78 is 0. The number of hydrogen-bond acceptors (Lipinski definition) is 1. The molecule has 1 fully saturated rings. The Morgan fingerprint density at radius 2 is 1.89 bits per heavy atom. The summed E-state index contributed by atoms with van der Waals surface area (Å²) in [4.78, 5) is 0. The molecule has 0 radical (unpaired) electrons. The van der Waals surface area contributed by atoms with Crippen LogP contribution in [-0.4, -0.2) is 19.0 Å². The van der Waals surface area contributed by atoms with E-state index in [1.165, 1.54) is 30.7 Å². The van der Waals surface area contributed by atoms with E-state index in [1.807, 2.05) is 0 Å². The molecule has 0 nitrogen and oxygen atoms in total. The van der Waals surface area contributed by atoms with Gasteiger partial charge in [-0.1, -0.05) is 24.0 Å². The molecule has 1 heterocycles. The third kappa shape index (κ3) is 2.23. The van der Waals surface area contributed by atoms with E-state index in [0.29, 0.717) is 0 Å².